The van der Waals surface area contributed by atoms with Gasteiger partial charge in [0.25, 0.3) is 0 Å². The molecule has 0 aliphatic rings. The predicted molar refractivity (Wildman–Crippen MR) is 266 cm³/mol. The van der Waals surface area contributed by atoms with Crippen molar-refractivity contribution in [1.29, 1.82) is 0 Å². The van der Waals surface area contributed by atoms with Crippen LogP contribution in [0, 0.1) is 11.8 Å². The molecule has 0 radical (unpaired) electrons. The van der Waals surface area contributed by atoms with Gasteiger partial charge in [-0.25, -0.2) is 4.79 Å². The van der Waals surface area contributed by atoms with E-state index in [1.165, 1.54) is 56.7 Å². The lowest BCUT2D eigenvalue weighted by Gasteiger charge is -2.20. The van der Waals surface area contributed by atoms with Gasteiger partial charge >= 0.3 is 23.9 Å². The summed E-state index contributed by atoms with van der Waals surface area (Å²) >= 11 is 1.24. The number of hydrogen-bond donors (Lipinski definition) is 1. The number of nitrogens with one attached hydrogen (secondary N) is 1. The first-order valence-corrected chi connectivity index (χ1v) is 25.6. The number of benzene rings is 4. The highest BCUT2D eigenvalue weighted by Crippen LogP contribution is 2.23. The van der Waals surface area contributed by atoms with Crippen LogP contribution in [0.4, 0.5) is 0 Å². The van der Waals surface area contributed by atoms with E-state index < -0.39 is 41.8 Å². The Morgan fingerprint density at radius 1 is 0.456 bits per heavy atom. The van der Waals surface area contributed by atoms with Crippen molar-refractivity contribution in [3.63, 3.8) is 0 Å². The summed E-state index contributed by atoms with van der Waals surface area (Å²) in [6.45, 7) is 2.29. The van der Waals surface area contributed by atoms with Crippen molar-refractivity contribution in [3.05, 3.63) is 144 Å². The summed E-state index contributed by atoms with van der Waals surface area (Å²) in [5.41, 5.74) is 3.15. The summed E-state index contributed by atoms with van der Waals surface area (Å²) in [4.78, 5) is 80.6. The number of esters is 4. The summed E-state index contributed by atoms with van der Waals surface area (Å²) in [5.74, 6) is -4.62. The van der Waals surface area contributed by atoms with Crippen LogP contribution in [-0.2, 0) is 74.1 Å². The Kier molecular flexibility index (Phi) is 27.2. The smallest absolute Gasteiger partial charge is 0.328 e. The number of hydrogen-bond acceptors (Lipinski definition) is 11. The molecule has 3 atom stereocenters. The third-order valence-electron chi connectivity index (χ3n) is 11.4. The van der Waals surface area contributed by atoms with E-state index in [0.717, 1.165) is 41.5 Å². The van der Waals surface area contributed by atoms with Gasteiger partial charge in [-0.3, -0.25) is 24.0 Å². The number of ether oxygens (including phenoxy) is 4. The second kappa shape index (κ2) is 33.7. The van der Waals surface area contributed by atoms with Crippen LogP contribution in [-0.4, -0.2) is 53.1 Å². The van der Waals surface area contributed by atoms with Crippen LogP contribution in [0.2, 0.25) is 0 Å². The summed E-state index contributed by atoms with van der Waals surface area (Å²) in [5, 5.41) is 2.83. The Hall–Kier alpha value is -5.75. The normalized spacial score (nSPS) is 12.2. The highest BCUT2D eigenvalue weighted by molar-refractivity contribution is 7.99. The molecule has 0 unspecified atom stereocenters. The zero-order chi connectivity index (χ0) is 48.4. The van der Waals surface area contributed by atoms with E-state index >= 15 is 0 Å². The maximum Gasteiger partial charge on any atom is 0.328 e. The fourth-order valence-electron chi connectivity index (χ4n) is 7.44. The SMILES string of the molecule is CCCCCCCCCCCCCC(=O)N[C@H](CCC(=O)C[C@H](CSC[C@H](CC(=O)OCc1ccccc1)C(=O)OCc1ccccc1)C(=O)OCc1ccccc1)C(=O)OCc1ccccc1. The molecular weight excluding hydrogens is 879 g/mol. The van der Waals surface area contributed by atoms with Crippen LogP contribution in [0.3, 0.4) is 0 Å². The van der Waals surface area contributed by atoms with Gasteiger partial charge in [0.1, 0.15) is 38.3 Å². The maximum absolute atomic E-state index is 13.8. The Morgan fingerprint density at radius 3 is 1.28 bits per heavy atom. The molecule has 12 heteroatoms. The molecule has 0 bridgehead atoms. The molecule has 11 nitrogen and oxygen atoms in total. The average molecular weight is 950 g/mol. The maximum atomic E-state index is 13.8. The zero-order valence-electron chi connectivity index (χ0n) is 39.8. The number of amides is 1. The molecule has 0 aliphatic carbocycles. The van der Waals surface area contributed by atoms with Gasteiger partial charge in [0.05, 0.1) is 18.3 Å². The fourth-order valence-corrected chi connectivity index (χ4v) is 8.65. The highest BCUT2D eigenvalue weighted by Gasteiger charge is 2.30. The molecular formula is C56H71NO10S. The molecule has 0 spiro atoms. The van der Waals surface area contributed by atoms with E-state index in [0.29, 0.717) is 6.42 Å². The van der Waals surface area contributed by atoms with E-state index in [4.69, 9.17) is 18.9 Å². The van der Waals surface area contributed by atoms with E-state index in [1.807, 2.05) is 121 Å². The van der Waals surface area contributed by atoms with Gasteiger partial charge < -0.3 is 24.3 Å². The summed E-state index contributed by atoms with van der Waals surface area (Å²) < 4.78 is 22.5. The lowest BCUT2D eigenvalue weighted by molar-refractivity contribution is -0.155. The Balaban J connectivity index is 1.37. The number of Topliss-reactive ketones (excluding diaryl/α,β-unsaturated/α-hetero) is 1. The molecule has 4 aromatic rings. The van der Waals surface area contributed by atoms with Crippen molar-refractivity contribution >= 4 is 47.3 Å². The van der Waals surface area contributed by atoms with Crippen molar-refractivity contribution in [3.8, 4) is 0 Å². The lowest BCUT2D eigenvalue weighted by Crippen LogP contribution is -2.42. The first-order chi connectivity index (χ1) is 33.2. The minimum atomic E-state index is -1.06. The topological polar surface area (TPSA) is 151 Å². The van der Waals surface area contributed by atoms with E-state index in [9.17, 15) is 28.8 Å². The Bertz CT molecular complexity index is 2050. The van der Waals surface area contributed by atoms with Crippen LogP contribution in [0.25, 0.3) is 0 Å². The third-order valence-corrected chi connectivity index (χ3v) is 12.7. The van der Waals surface area contributed by atoms with Gasteiger partial charge in [-0.05, 0) is 35.1 Å². The molecule has 0 aromatic heterocycles. The predicted octanol–water partition coefficient (Wildman–Crippen LogP) is 11.2. The zero-order valence-corrected chi connectivity index (χ0v) is 40.6. The van der Waals surface area contributed by atoms with Crippen LogP contribution < -0.4 is 5.32 Å². The molecule has 0 heterocycles. The van der Waals surface area contributed by atoms with Gasteiger partial charge in [-0.15, -0.1) is 0 Å². The number of thioether (sulfide) groups is 1. The number of rotatable bonds is 35. The summed E-state index contributed by atoms with van der Waals surface area (Å²) in [7, 11) is 0. The van der Waals surface area contributed by atoms with E-state index in [1.54, 1.807) is 0 Å². The van der Waals surface area contributed by atoms with Gasteiger partial charge in [0, 0.05) is 30.8 Å². The van der Waals surface area contributed by atoms with Gasteiger partial charge in [0.2, 0.25) is 5.91 Å². The average Bonchev–Trinajstić information content (AvgIpc) is 3.37. The Morgan fingerprint density at radius 2 is 0.838 bits per heavy atom. The van der Waals surface area contributed by atoms with Crippen molar-refractivity contribution in [2.45, 2.75) is 142 Å². The van der Waals surface area contributed by atoms with Gasteiger partial charge in [0.15, 0.2) is 0 Å². The van der Waals surface area contributed by atoms with Crippen LogP contribution in [0.1, 0.15) is 132 Å². The third kappa shape index (κ3) is 23.8. The number of ketones is 1. The monoisotopic (exact) mass is 949 g/mol. The van der Waals surface area contributed by atoms with Crippen molar-refractivity contribution in [1.82, 2.24) is 5.32 Å². The molecule has 366 valence electrons. The fraction of sp³-hybridized carbons (Fsp3) is 0.464. The highest BCUT2D eigenvalue weighted by atomic mass is 32.2. The molecule has 0 aliphatic heterocycles. The van der Waals surface area contributed by atoms with Gasteiger partial charge in [-0.1, -0.05) is 192 Å². The van der Waals surface area contributed by atoms with Crippen molar-refractivity contribution in [2.24, 2.45) is 11.8 Å². The van der Waals surface area contributed by atoms with E-state index in [-0.39, 0.29) is 81.7 Å². The second-order valence-electron chi connectivity index (χ2n) is 17.2. The molecule has 0 saturated carbocycles. The van der Waals surface area contributed by atoms with Crippen molar-refractivity contribution < 1.29 is 47.7 Å². The van der Waals surface area contributed by atoms with Crippen LogP contribution in [0.5, 0.6) is 0 Å². The number of unbranched alkanes of at least 4 members (excludes halogenated alkanes) is 10. The lowest BCUT2D eigenvalue weighted by atomic mass is 9.99. The number of carbonyl (C=O) groups excluding carboxylic acids is 6. The quantitative estimate of drug-likeness (QED) is 0.0266. The molecule has 68 heavy (non-hydrogen) atoms. The molecule has 4 rings (SSSR count). The minimum absolute atomic E-state index is 0.00277. The molecule has 1 amide bonds. The molecule has 1 N–H and O–H groups in total. The minimum Gasteiger partial charge on any atom is -0.461 e. The Labute approximate surface area is 407 Å². The van der Waals surface area contributed by atoms with Crippen molar-refractivity contribution in [2.75, 3.05) is 11.5 Å². The van der Waals surface area contributed by atoms with Gasteiger partial charge in [-0.2, -0.15) is 11.8 Å². The van der Waals surface area contributed by atoms with Crippen LogP contribution >= 0.6 is 11.8 Å². The van der Waals surface area contributed by atoms with E-state index in [2.05, 4.69) is 12.2 Å². The standard InChI is InChI=1S/C56H71NO10S/c1-2-3-4-5-6-7-8-9-10-11-24-33-52(59)57-51(56(63)67-41-47-31-22-15-23-32-47)35-34-50(58)36-48(54(61)65-39-45-27-18-13-19-28-45)42-68-43-49(55(62)66-40-46-29-20-14-21-30-46)37-53(60)64-38-44-25-16-12-17-26-44/h12-23,25-32,48-49,51H,2-11,24,33-43H2,1H3,(H,57,59)/t48-,49+,51-/m1/s1. The second-order valence-corrected chi connectivity index (χ2v) is 18.3. The first-order valence-electron chi connectivity index (χ1n) is 24.4. The first kappa shape index (κ1) is 54.9. The molecule has 0 saturated heterocycles. The number of carbonyl (C=O) groups is 6. The summed E-state index contributed by atoms with van der Waals surface area (Å²) in [6, 6.07) is 35.7. The summed E-state index contributed by atoms with van der Waals surface area (Å²) in [6.07, 6.45) is 12.3. The molecule has 4 aromatic carbocycles. The van der Waals surface area contributed by atoms with Crippen LogP contribution in [0.15, 0.2) is 121 Å². The molecule has 0 fully saturated rings. The largest absolute Gasteiger partial charge is 0.461 e.